The predicted molar refractivity (Wildman–Crippen MR) is 132 cm³/mol. The Labute approximate surface area is 214 Å². The van der Waals surface area contributed by atoms with Crippen LogP contribution in [0.2, 0.25) is 0 Å². The average molecular weight is 513 g/mol. The maximum absolute atomic E-state index is 13.3. The summed E-state index contributed by atoms with van der Waals surface area (Å²) in [5.74, 6) is 0.354. The molecule has 0 aromatic heterocycles. The number of carbonyl (C=O) groups is 2. The number of nitrogens with zero attached hydrogens (tertiary/aromatic N) is 3. The van der Waals surface area contributed by atoms with Crippen molar-refractivity contribution in [2.24, 2.45) is 0 Å². The summed E-state index contributed by atoms with van der Waals surface area (Å²) in [6.07, 6.45) is 5.23. The standard InChI is InChI=1S/C27H30F2N4O4/c28-22-15-19(16-23(29)18-22)1-4-26(34)32-11-13-33(14-12-32)27(35)7-10-31-8-5-20(6-9-31)21-2-3-24-25(17-21)37-30-36-24/h1-4,15-18,20,30H,5-14H2/b4-1+. The van der Waals surface area contributed by atoms with Gasteiger partial charge in [-0.25, -0.2) is 8.78 Å². The van der Waals surface area contributed by atoms with Crippen LogP contribution in [-0.2, 0) is 9.59 Å². The number of carbonyl (C=O) groups excluding carboxylic acids is 2. The zero-order chi connectivity index (χ0) is 25.8. The molecule has 10 heteroatoms. The van der Waals surface area contributed by atoms with Gasteiger partial charge < -0.3 is 24.4 Å². The quantitative estimate of drug-likeness (QED) is 0.600. The van der Waals surface area contributed by atoms with E-state index in [4.69, 9.17) is 9.68 Å². The van der Waals surface area contributed by atoms with Crippen LogP contribution < -0.4 is 15.3 Å². The van der Waals surface area contributed by atoms with Gasteiger partial charge in [0.15, 0.2) is 11.5 Å². The minimum absolute atomic E-state index is 0.100. The predicted octanol–water partition coefficient (Wildman–Crippen LogP) is 3.11. The number of amides is 2. The lowest BCUT2D eigenvalue weighted by molar-refractivity contribution is -0.137. The van der Waals surface area contributed by atoms with Gasteiger partial charge in [0.05, 0.1) is 0 Å². The molecule has 0 bridgehead atoms. The molecule has 3 heterocycles. The van der Waals surface area contributed by atoms with E-state index in [0.29, 0.717) is 50.0 Å². The van der Waals surface area contributed by atoms with Crippen molar-refractivity contribution in [3.05, 3.63) is 65.2 Å². The number of piperidine rings is 1. The Balaban J connectivity index is 1.02. The van der Waals surface area contributed by atoms with Crippen LogP contribution >= 0.6 is 0 Å². The highest BCUT2D eigenvalue weighted by Gasteiger charge is 2.26. The largest absolute Gasteiger partial charge is 0.370 e. The summed E-state index contributed by atoms with van der Waals surface area (Å²) >= 11 is 0. The van der Waals surface area contributed by atoms with Crippen LogP contribution in [0.15, 0.2) is 42.5 Å². The fourth-order valence-electron chi connectivity index (χ4n) is 5.08. The first-order valence-corrected chi connectivity index (χ1v) is 12.6. The van der Waals surface area contributed by atoms with Crippen molar-refractivity contribution in [2.75, 3.05) is 45.8 Å². The van der Waals surface area contributed by atoms with Crippen molar-refractivity contribution >= 4 is 17.9 Å². The number of hydrogen-bond acceptors (Lipinski definition) is 6. The van der Waals surface area contributed by atoms with Crippen LogP contribution in [0.5, 0.6) is 11.5 Å². The summed E-state index contributed by atoms with van der Waals surface area (Å²) in [5, 5.41) is 0. The molecule has 2 fully saturated rings. The van der Waals surface area contributed by atoms with Crippen molar-refractivity contribution in [2.45, 2.75) is 25.2 Å². The molecule has 0 spiro atoms. The Morgan fingerprint density at radius 1 is 0.892 bits per heavy atom. The second-order valence-electron chi connectivity index (χ2n) is 9.60. The van der Waals surface area contributed by atoms with Crippen LogP contribution in [0.25, 0.3) is 6.08 Å². The van der Waals surface area contributed by atoms with Crippen molar-refractivity contribution in [1.29, 1.82) is 0 Å². The minimum Gasteiger partial charge on any atom is -0.370 e. The Kier molecular flexibility index (Phi) is 7.66. The highest BCUT2D eigenvalue weighted by Crippen LogP contribution is 2.36. The zero-order valence-corrected chi connectivity index (χ0v) is 20.5. The number of benzene rings is 2. The molecule has 2 aromatic rings. The molecule has 0 radical (unpaired) electrons. The lowest BCUT2D eigenvalue weighted by Crippen LogP contribution is -2.50. The third kappa shape index (κ3) is 6.26. The van der Waals surface area contributed by atoms with E-state index < -0.39 is 11.6 Å². The molecule has 2 aromatic carbocycles. The SMILES string of the molecule is O=C(/C=C/c1cc(F)cc(F)c1)N1CCN(C(=O)CCN2CCC(c3ccc4c(c3)ONO4)CC2)CC1. The van der Waals surface area contributed by atoms with Gasteiger partial charge in [0.1, 0.15) is 11.6 Å². The molecule has 3 aliphatic rings. The number of hydrogen-bond donors (Lipinski definition) is 1. The number of rotatable bonds is 6. The molecule has 0 aliphatic carbocycles. The summed E-state index contributed by atoms with van der Waals surface area (Å²) in [7, 11) is 0. The molecule has 2 saturated heterocycles. The Morgan fingerprint density at radius 3 is 2.30 bits per heavy atom. The number of nitrogens with one attached hydrogen (secondary N) is 1. The number of piperazine rings is 1. The Hall–Kier alpha value is -3.50. The van der Waals surface area contributed by atoms with Gasteiger partial charge in [-0.1, -0.05) is 6.07 Å². The summed E-state index contributed by atoms with van der Waals surface area (Å²) in [6.45, 7) is 4.43. The molecule has 196 valence electrons. The molecule has 1 N–H and O–H groups in total. The number of fused-ring (bicyclic) bond motifs is 1. The van der Waals surface area contributed by atoms with Crippen molar-refractivity contribution < 1.29 is 28.0 Å². The van der Waals surface area contributed by atoms with E-state index in [1.165, 1.54) is 29.8 Å². The van der Waals surface area contributed by atoms with Crippen LogP contribution in [0.4, 0.5) is 8.78 Å². The van der Waals surface area contributed by atoms with E-state index in [9.17, 15) is 18.4 Å². The molecule has 5 rings (SSSR count). The van der Waals surface area contributed by atoms with Gasteiger partial charge in [0.25, 0.3) is 0 Å². The van der Waals surface area contributed by atoms with Gasteiger partial charge in [0, 0.05) is 56.9 Å². The molecule has 8 nitrogen and oxygen atoms in total. The molecule has 0 saturated carbocycles. The summed E-state index contributed by atoms with van der Waals surface area (Å²) in [5.41, 5.74) is 3.94. The fraction of sp³-hybridized carbons (Fsp3) is 0.407. The summed E-state index contributed by atoms with van der Waals surface area (Å²) in [4.78, 5) is 41.4. The maximum atomic E-state index is 13.3. The van der Waals surface area contributed by atoms with Gasteiger partial charge in [-0.15, -0.1) is 0 Å². The van der Waals surface area contributed by atoms with E-state index in [1.807, 2.05) is 17.0 Å². The van der Waals surface area contributed by atoms with E-state index >= 15 is 0 Å². The molecular weight excluding hydrogens is 482 g/mol. The number of likely N-dealkylation sites (tertiary alicyclic amines) is 1. The normalized spacial score (nSPS) is 18.5. The van der Waals surface area contributed by atoms with Crippen molar-refractivity contribution in [3.63, 3.8) is 0 Å². The van der Waals surface area contributed by atoms with Crippen LogP contribution in [0.1, 0.15) is 36.3 Å². The van der Waals surface area contributed by atoms with Crippen LogP contribution in [0.3, 0.4) is 0 Å². The minimum atomic E-state index is -0.689. The second-order valence-corrected chi connectivity index (χ2v) is 9.60. The monoisotopic (exact) mass is 512 g/mol. The fourth-order valence-corrected chi connectivity index (χ4v) is 5.08. The van der Waals surface area contributed by atoms with Gasteiger partial charge in [-0.2, -0.15) is 0 Å². The van der Waals surface area contributed by atoms with Crippen molar-refractivity contribution in [1.82, 2.24) is 20.3 Å². The van der Waals surface area contributed by atoms with Crippen molar-refractivity contribution in [3.8, 4) is 11.5 Å². The highest BCUT2D eigenvalue weighted by atomic mass is 19.1. The van der Waals surface area contributed by atoms with E-state index in [-0.39, 0.29) is 17.4 Å². The third-order valence-electron chi connectivity index (χ3n) is 7.22. The molecule has 0 unspecified atom stereocenters. The average Bonchev–Trinajstić information content (AvgIpc) is 3.38. The third-order valence-corrected chi connectivity index (χ3v) is 7.22. The van der Waals surface area contributed by atoms with Crippen LogP contribution in [0, 0.1) is 11.6 Å². The first-order valence-electron chi connectivity index (χ1n) is 12.6. The smallest absolute Gasteiger partial charge is 0.246 e. The lowest BCUT2D eigenvalue weighted by atomic mass is 9.89. The highest BCUT2D eigenvalue weighted by molar-refractivity contribution is 5.92. The second kappa shape index (κ2) is 11.3. The van der Waals surface area contributed by atoms with Gasteiger partial charge in [-0.3, -0.25) is 9.59 Å². The molecule has 37 heavy (non-hydrogen) atoms. The molecule has 3 aliphatic heterocycles. The Morgan fingerprint density at radius 2 is 1.57 bits per heavy atom. The Bertz CT molecular complexity index is 1150. The first-order chi connectivity index (χ1) is 17.9. The zero-order valence-electron chi connectivity index (χ0n) is 20.5. The molecule has 0 atom stereocenters. The summed E-state index contributed by atoms with van der Waals surface area (Å²) in [6, 6.07) is 9.16. The van der Waals surface area contributed by atoms with Gasteiger partial charge in [0.2, 0.25) is 11.8 Å². The summed E-state index contributed by atoms with van der Waals surface area (Å²) < 4.78 is 26.6. The lowest BCUT2D eigenvalue weighted by Gasteiger charge is -2.35. The van der Waals surface area contributed by atoms with Gasteiger partial charge in [-0.05, 0) is 73.3 Å². The van der Waals surface area contributed by atoms with E-state index in [1.54, 1.807) is 4.90 Å². The number of halogens is 2. The van der Waals surface area contributed by atoms with E-state index in [2.05, 4.69) is 16.6 Å². The topological polar surface area (TPSA) is 74.4 Å². The maximum Gasteiger partial charge on any atom is 0.246 e. The molecule has 2 amide bonds. The first kappa shape index (κ1) is 25.2. The van der Waals surface area contributed by atoms with Crippen LogP contribution in [-0.4, -0.2) is 72.3 Å². The van der Waals surface area contributed by atoms with Gasteiger partial charge >= 0.3 is 0 Å². The molecular formula is C27H30F2N4O4. The van der Waals surface area contributed by atoms with E-state index in [0.717, 1.165) is 38.5 Å².